The van der Waals surface area contributed by atoms with Crippen molar-refractivity contribution >= 4 is 12.3 Å². The van der Waals surface area contributed by atoms with Crippen LogP contribution in [0, 0.1) is 45.8 Å². The molecule has 0 saturated heterocycles. The molecule has 0 aromatic heterocycles. The van der Waals surface area contributed by atoms with Crippen molar-refractivity contribution in [3.63, 3.8) is 0 Å². The Kier molecular flexibility index (Phi) is 4.78. The summed E-state index contributed by atoms with van der Waals surface area (Å²) in [5.41, 5.74) is -0.905. The van der Waals surface area contributed by atoms with E-state index in [2.05, 4.69) is 26.8 Å². The van der Waals surface area contributed by atoms with Crippen LogP contribution in [0.2, 0.25) is 0 Å². The summed E-state index contributed by atoms with van der Waals surface area (Å²) in [5.74, 6) is 1.39. The van der Waals surface area contributed by atoms with Crippen LogP contribution in [0.3, 0.4) is 0 Å². The zero-order chi connectivity index (χ0) is 20.3. The highest BCUT2D eigenvalue weighted by atomic mass is 16.7. The Labute approximate surface area is 168 Å². The Morgan fingerprint density at radius 3 is 2.64 bits per heavy atom. The minimum atomic E-state index is -0.908. The molecule has 1 unspecified atom stereocenters. The first-order valence-electron chi connectivity index (χ1n) is 10.7. The number of carbonyl (C=O) groups excluding carboxylic acids is 2. The van der Waals surface area contributed by atoms with Gasteiger partial charge < -0.3 is 19.0 Å². The summed E-state index contributed by atoms with van der Waals surface area (Å²) in [5, 5.41) is 0. The van der Waals surface area contributed by atoms with Crippen LogP contribution in [0.4, 0.5) is 0 Å². The monoisotopic (exact) mass is 390 g/mol. The van der Waals surface area contributed by atoms with Crippen molar-refractivity contribution < 1.29 is 23.8 Å². The molecular weight excluding hydrogens is 356 g/mol. The molecule has 3 saturated carbocycles. The van der Waals surface area contributed by atoms with Crippen LogP contribution < -0.4 is 0 Å². The molecule has 0 aromatic rings. The summed E-state index contributed by atoms with van der Waals surface area (Å²) in [6, 6.07) is 0. The third kappa shape index (κ3) is 2.05. The van der Waals surface area contributed by atoms with Crippen molar-refractivity contribution in [2.75, 3.05) is 27.6 Å². The number of fused-ring (bicyclic) bond motifs is 2. The van der Waals surface area contributed by atoms with Crippen molar-refractivity contribution in [3.05, 3.63) is 11.6 Å². The third-order valence-corrected chi connectivity index (χ3v) is 8.85. The molecule has 0 aliphatic heterocycles. The van der Waals surface area contributed by atoms with Gasteiger partial charge in [0, 0.05) is 12.5 Å². The molecular formula is C23H34O5. The first kappa shape index (κ1) is 20.1. The topological polar surface area (TPSA) is 61.8 Å². The van der Waals surface area contributed by atoms with Crippen molar-refractivity contribution in [3.8, 4) is 0 Å². The molecule has 3 fully saturated rings. The van der Waals surface area contributed by atoms with Crippen LogP contribution in [0.25, 0.3) is 0 Å². The van der Waals surface area contributed by atoms with E-state index in [4.69, 9.17) is 14.2 Å². The number of esters is 1. The Morgan fingerprint density at radius 1 is 1.29 bits per heavy atom. The van der Waals surface area contributed by atoms with Crippen molar-refractivity contribution in [2.45, 2.75) is 46.5 Å². The summed E-state index contributed by atoms with van der Waals surface area (Å²) in [6.07, 6.45) is 7.26. The lowest BCUT2D eigenvalue weighted by Crippen LogP contribution is -2.63. The van der Waals surface area contributed by atoms with Crippen molar-refractivity contribution in [1.29, 1.82) is 0 Å². The highest BCUT2D eigenvalue weighted by Gasteiger charge is 2.84. The van der Waals surface area contributed by atoms with E-state index in [1.54, 1.807) is 7.11 Å². The highest BCUT2D eigenvalue weighted by molar-refractivity contribution is 5.91. The molecule has 0 amide bonds. The second-order valence-electron chi connectivity index (χ2n) is 9.93. The molecule has 0 aromatic carbocycles. The summed E-state index contributed by atoms with van der Waals surface area (Å²) >= 11 is 0. The Balaban J connectivity index is 1.95. The van der Waals surface area contributed by atoms with Crippen LogP contribution >= 0.6 is 0 Å². The fourth-order valence-electron chi connectivity index (χ4n) is 8.07. The van der Waals surface area contributed by atoms with E-state index >= 15 is 0 Å². The number of methoxy groups -OCH3 is 2. The Hall–Kier alpha value is -1.20. The van der Waals surface area contributed by atoms with Gasteiger partial charge in [-0.1, -0.05) is 38.8 Å². The van der Waals surface area contributed by atoms with Crippen LogP contribution in [-0.2, 0) is 23.8 Å². The lowest BCUT2D eigenvalue weighted by atomic mass is 9.43. The van der Waals surface area contributed by atoms with E-state index in [0.717, 1.165) is 37.5 Å². The standard InChI is InChI=1S/C23H34O5/c1-14(2)19-8-16-9-21(11-24)18-7-6-15(3)17(18)10-22(16,12-28-13-26-4)23(19,21)20(25)27-5/h8,11,14-18H,6-7,9-10,12-13H2,1-5H3/t15-,16+,17-,18-,21+,22?,23+/m1/s1. The van der Waals surface area contributed by atoms with Gasteiger partial charge in [0.25, 0.3) is 0 Å². The molecule has 4 rings (SSSR count). The lowest BCUT2D eigenvalue weighted by Gasteiger charge is -2.58. The van der Waals surface area contributed by atoms with Crippen LogP contribution in [-0.4, -0.2) is 39.9 Å². The van der Waals surface area contributed by atoms with E-state index in [9.17, 15) is 9.59 Å². The zero-order valence-corrected chi connectivity index (χ0v) is 17.8. The minimum absolute atomic E-state index is 0.170. The number of hydrogen-bond donors (Lipinski definition) is 0. The number of ether oxygens (including phenoxy) is 3. The Bertz CT molecular complexity index is 699. The summed E-state index contributed by atoms with van der Waals surface area (Å²) in [7, 11) is 3.08. The zero-order valence-electron chi connectivity index (χ0n) is 17.8. The minimum Gasteiger partial charge on any atom is -0.468 e. The molecule has 4 bridgehead atoms. The van der Waals surface area contributed by atoms with E-state index in [1.165, 1.54) is 7.11 Å². The quantitative estimate of drug-likeness (QED) is 0.218. The molecule has 4 aliphatic rings. The number of hydrogen-bond acceptors (Lipinski definition) is 5. The van der Waals surface area contributed by atoms with Gasteiger partial charge in [0.05, 0.1) is 19.1 Å². The predicted octanol–water partition coefficient (Wildman–Crippen LogP) is 3.62. The molecule has 0 N–H and O–H groups in total. The number of rotatable bonds is 7. The van der Waals surface area contributed by atoms with Crippen molar-refractivity contribution in [1.82, 2.24) is 0 Å². The predicted molar refractivity (Wildman–Crippen MR) is 104 cm³/mol. The Morgan fingerprint density at radius 2 is 2.04 bits per heavy atom. The van der Waals surface area contributed by atoms with Gasteiger partial charge in [0.2, 0.25) is 0 Å². The van der Waals surface area contributed by atoms with E-state index in [0.29, 0.717) is 18.4 Å². The fourth-order valence-corrected chi connectivity index (χ4v) is 8.07. The van der Waals surface area contributed by atoms with Gasteiger partial charge >= 0.3 is 5.97 Å². The summed E-state index contributed by atoms with van der Waals surface area (Å²) < 4.78 is 16.6. The molecule has 5 heteroatoms. The van der Waals surface area contributed by atoms with E-state index in [-0.39, 0.29) is 30.5 Å². The van der Waals surface area contributed by atoms with Gasteiger partial charge in [0.1, 0.15) is 18.5 Å². The molecule has 0 radical (unpaired) electrons. The summed E-state index contributed by atoms with van der Waals surface area (Å²) in [4.78, 5) is 26.6. The third-order valence-electron chi connectivity index (χ3n) is 8.85. The van der Waals surface area contributed by atoms with Gasteiger partial charge in [-0.05, 0) is 48.9 Å². The highest BCUT2D eigenvalue weighted by Crippen LogP contribution is 2.82. The molecule has 0 spiro atoms. The second-order valence-corrected chi connectivity index (χ2v) is 9.93. The number of aldehydes is 1. The normalized spacial score (nSPS) is 45.9. The maximum Gasteiger partial charge on any atom is 0.317 e. The fraction of sp³-hybridized carbons (Fsp3) is 0.826. The average Bonchev–Trinajstić information content (AvgIpc) is 3.24. The van der Waals surface area contributed by atoms with Crippen LogP contribution in [0.1, 0.15) is 46.5 Å². The van der Waals surface area contributed by atoms with E-state index in [1.807, 2.05) is 0 Å². The first-order chi connectivity index (χ1) is 13.4. The van der Waals surface area contributed by atoms with Gasteiger partial charge in [-0.3, -0.25) is 4.79 Å². The average molecular weight is 391 g/mol. The lowest BCUT2D eigenvalue weighted by molar-refractivity contribution is -0.193. The maximum absolute atomic E-state index is 13.7. The summed E-state index contributed by atoms with van der Waals surface area (Å²) in [6.45, 7) is 7.19. The molecule has 0 heterocycles. The molecule has 5 nitrogen and oxygen atoms in total. The molecule has 156 valence electrons. The smallest absolute Gasteiger partial charge is 0.317 e. The van der Waals surface area contributed by atoms with Crippen molar-refractivity contribution in [2.24, 2.45) is 45.8 Å². The number of carbonyl (C=O) groups is 2. The van der Waals surface area contributed by atoms with Gasteiger partial charge in [-0.2, -0.15) is 0 Å². The molecule has 28 heavy (non-hydrogen) atoms. The largest absolute Gasteiger partial charge is 0.468 e. The van der Waals surface area contributed by atoms with E-state index < -0.39 is 16.2 Å². The molecule has 4 aliphatic carbocycles. The second kappa shape index (κ2) is 6.66. The van der Waals surface area contributed by atoms with Gasteiger partial charge in [0.15, 0.2) is 0 Å². The van der Waals surface area contributed by atoms with Crippen LogP contribution in [0.5, 0.6) is 0 Å². The molecule has 7 atom stereocenters. The van der Waals surface area contributed by atoms with Gasteiger partial charge in [-0.15, -0.1) is 0 Å². The SMILES string of the molecule is COCOCC12C[C@@H]3[C@H](C)CC[C@H]3[C@@]3(C=O)C[C@@H]1C=C(C(C)C)[C@@]23C(=O)OC. The van der Waals surface area contributed by atoms with Crippen LogP contribution in [0.15, 0.2) is 11.6 Å². The first-order valence-corrected chi connectivity index (χ1v) is 10.7. The van der Waals surface area contributed by atoms with Gasteiger partial charge in [-0.25, -0.2) is 0 Å². The maximum atomic E-state index is 13.7. The number of allylic oxidation sites excluding steroid dienone is 1.